The molecule has 0 aliphatic heterocycles. The van der Waals surface area contributed by atoms with E-state index in [0.717, 1.165) is 6.42 Å². The van der Waals surface area contributed by atoms with Gasteiger partial charge < -0.3 is 19.2 Å². The molecule has 1 N–H and O–H groups in total. The molecule has 0 saturated carbocycles. The van der Waals surface area contributed by atoms with E-state index in [2.05, 4.69) is 49.2 Å². The van der Waals surface area contributed by atoms with Crippen molar-refractivity contribution < 1.29 is 18.7 Å². The number of ether oxygens (including phenoxy) is 2. The van der Waals surface area contributed by atoms with Gasteiger partial charge in [0.15, 0.2) is 8.32 Å². The Kier molecular flexibility index (Phi) is 7.47. The van der Waals surface area contributed by atoms with Gasteiger partial charge in [0.05, 0.1) is 13.2 Å². The largest absolute Gasteiger partial charge is 0.449 e. The summed E-state index contributed by atoms with van der Waals surface area (Å²) in [6, 6.07) is 16.6. The topological polar surface area (TPSA) is 56.8 Å². The molecule has 2 aromatic carbocycles. The molecule has 1 aliphatic carbocycles. The van der Waals surface area contributed by atoms with Gasteiger partial charge in [0.1, 0.15) is 6.61 Å². The van der Waals surface area contributed by atoms with Gasteiger partial charge in [0.25, 0.3) is 0 Å². The number of carbonyl (C=O) groups is 1. The fourth-order valence-electron chi connectivity index (χ4n) is 3.52. The summed E-state index contributed by atoms with van der Waals surface area (Å²) >= 11 is 0. The highest BCUT2D eigenvalue weighted by atomic mass is 28.4. The molecule has 0 radical (unpaired) electrons. The van der Waals surface area contributed by atoms with E-state index < -0.39 is 8.32 Å². The Labute approximate surface area is 174 Å². The molecule has 0 saturated heterocycles. The van der Waals surface area contributed by atoms with E-state index in [0.29, 0.717) is 33.0 Å². The third-order valence-corrected chi connectivity index (χ3v) is 5.91. The van der Waals surface area contributed by atoms with Gasteiger partial charge in [-0.25, -0.2) is 4.79 Å². The van der Waals surface area contributed by atoms with Crippen LogP contribution >= 0.6 is 0 Å². The Morgan fingerprint density at radius 1 is 0.931 bits per heavy atom. The number of hydrogen-bond acceptors (Lipinski definition) is 4. The Balaban J connectivity index is 1.36. The van der Waals surface area contributed by atoms with Crippen LogP contribution in [-0.2, 0) is 13.9 Å². The monoisotopic (exact) mass is 413 g/mol. The maximum absolute atomic E-state index is 12.1. The minimum absolute atomic E-state index is 0.0860. The third kappa shape index (κ3) is 6.16. The molecule has 0 heterocycles. The van der Waals surface area contributed by atoms with Crippen LogP contribution in [0.15, 0.2) is 48.5 Å². The average Bonchev–Trinajstić information content (AvgIpc) is 3.01. The normalized spacial score (nSPS) is 13.1. The number of alkyl carbamates (subject to hydrolysis) is 1. The van der Waals surface area contributed by atoms with Crippen LogP contribution in [0.5, 0.6) is 0 Å². The quantitative estimate of drug-likeness (QED) is 0.450. The summed E-state index contributed by atoms with van der Waals surface area (Å²) in [6.45, 7) is 9.17. The summed E-state index contributed by atoms with van der Waals surface area (Å²) in [6.07, 6.45) is 0.367. The van der Waals surface area contributed by atoms with E-state index in [1.54, 1.807) is 0 Å². The Bertz CT molecular complexity index is 773. The minimum atomic E-state index is -1.47. The van der Waals surface area contributed by atoms with Crippen LogP contribution in [0.4, 0.5) is 4.79 Å². The summed E-state index contributed by atoms with van der Waals surface area (Å²) in [5.74, 6) is 0.0860. The summed E-state index contributed by atoms with van der Waals surface area (Å²) < 4.78 is 16.8. The molecule has 0 bridgehead atoms. The van der Waals surface area contributed by atoms with Gasteiger partial charge >= 0.3 is 6.09 Å². The highest BCUT2D eigenvalue weighted by molar-refractivity contribution is 6.69. The summed E-state index contributed by atoms with van der Waals surface area (Å²) in [5.41, 5.74) is 4.89. The zero-order valence-corrected chi connectivity index (χ0v) is 18.6. The van der Waals surface area contributed by atoms with Gasteiger partial charge in [-0.2, -0.15) is 0 Å². The first-order valence-electron chi connectivity index (χ1n) is 10.3. The summed E-state index contributed by atoms with van der Waals surface area (Å²) in [7, 11) is -1.47. The summed E-state index contributed by atoms with van der Waals surface area (Å²) in [5, 5.41) is 2.80. The zero-order chi connectivity index (χ0) is 20.7. The van der Waals surface area contributed by atoms with Crippen molar-refractivity contribution in [1.29, 1.82) is 0 Å². The van der Waals surface area contributed by atoms with Gasteiger partial charge in [0, 0.05) is 19.1 Å². The van der Waals surface area contributed by atoms with Crippen LogP contribution in [-0.4, -0.2) is 47.4 Å². The molecule has 0 aromatic heterocycles. The molecule has 1 aliphatic rings. The first-order chi connectivity index (χ1) is 14.0. The minimum Gasteiger partial charge on any atom is -0.449 e. The van der Waals surface area contributed by atoms with Crippen LogP contribution in [0.25, 0.3) is 11.1 Å². The molecule has 0 unspecified atom stereocenters. The second-order valence-corrected chi connectivity index (χ2v) is 12.7. The number of hydrogen-bond donors (Lipinski definition) is 1. The van der Waals surface area contributed by atoms with Gasteiger partial charge in [-0.05, 0) is 48.3 Å². The molecule has 2 aromatic rings. The molecule has 29 heavy (non-hydrogen) atoms. The lowest BCUT2D eigenvalue weighted by molar-refractivity contribution is 0.0951. The first-order valence-corrected chi connectivity index (χ1v) is 13.7. The van der Waals surface area contributed by atoms with Crippen molar-refractivity contribution in [3.05, 3.63) is 59.7 Å². The molecule has 0 fully saturated rings. The van der Waals surface area contributed by atoms with Crippen molar-refractivity contribution >= 4 is 14.4 Å². The van der Waals surface area contributed by atoms with Crippen LogP contribution in [0, 0.1) is 0 Å². The van der Waals surface area contributed by atoms with E-state index >= 15 is 0 Å². The molecule has 1 amide bonds. The van der Waals surface area contributed by atoms with Crippen LogP contribution in [0.2, 0.25) is 19.6 Å². The molecule has 5 nitrogen and oxygen atoms in total. The van der Waals surface area contributed by atoms with Crippen molar-refractivity contribution in [2.24, 2.45) is 0 Å². The van der Waals surface area contributed by atoms with Crippen molar-refractivity contribution in [1.82, 2.24) is 5.32 Å². The Morgan fingerprint density at radius 2 is 1.55 bits per heavy atom. The van der Waals surface area contributed by atoms with E-state index in [-0.39, 0.29) is 12.0 Å². The highest BCUT2D eigenvalue weighted by Crippen LogP contribution is 2.44. The van der Waals surface area contributed by atoms with Crippen molar-refractivity contribution in [3.8, 4) is 11.1 Å². The van der Waals surface area contributed by atoms with Gasteiger partial charge in [-0.1, -0.05) is 48.5 Å². The maximum Gasteiger partial charge on any atom is 0.407 e. The lowest BCUT2D eigenvalue weighted by Gasteiger charge is -2.17. The number of benzene rings is 2. The molecular weight excluding hydrogens is 382 g/mol. The van der Waals surface area contributed by atoms with Gasteiger partial charge in [-0.15, -0.1) is 0 Å². The molecule has 6 heteroatoms. The van der Waals surface area contributed by atoms with Crippen molar-refractivity contribution in [2.75, 3.05) is 33.0 Å². The van der Waals surface area contributed by atoms with Crippen LogP contribution < -0.4 is 5.32 Å². The standard InChI is InChI=1S/C23H31NO4Si/c1-29(2,3)28-16-15-26-14-8-13-24-23(25)27-17-22-20-11-6-4-9-18(20)19-10-5-7-12-21(19)22/h4-7,9-12,22H,8,13-17H2,1-3H3,(H,24,25). The number of carbonyl (C=O) groups excluding carboxylic acids is 1. The number of fused-ring (bicyclic) bond motifs is 3. The van der Waals surface area contributed by atoms with E-state index in [1.807, 2.05) is 24.3 Å². The summed E-state index contributed by atoms with van der Waals surface area (Å²) in [4.78, 5) is 12.1. The Hall–Kier alpha value is -2.15. The van der Waals surface area contributed by atoms with Gasteiger partial charge in [-0.3, -0.25) is 0 Å². The van der Waals surface area contributed by atoms with E-state index in [9.17, 15) is 4.79 Å². The van der Waals surface area contributed by atoms with Crippen molar-refractivity contribution in [2.45, 2.75) is 32.0 Å². The predicted octanol–water partition coefficient (Wildman–Crippen LogP) is 4.78. The fourth-order valence-corrected chi connectivity index (χ4v) is 4.22. The average molecular weight is 414 g/mol. The highest BCUT2D eigenvalue weighted by Gasteiger charge is 2.28. The molecule has 0 atom stereocenters. The molecule has 156 valence electrons. The number of rotatable bonds is 10. The maximum atomic E-state index is 12.1. The lowest BCUT2D eigenvalue weighted by atomic mass is 9.98. The smallest absolute Gasteiger partial charge is 0.407 e. The number of amides is 1. The van der Waals surface area contributed by atoms with Crippen LogP contribution in [0.1, 0.15) is 23.5 Å². The SMILES string of the molecule is C[Si](C)(C)OCCOCCCNC(=O)OCC1c2ccccc2-c2ccccc21. The zero-order valence-electron chi connectivity index (χ0n) is 17.6. The lowest BCUT2D eigenvalue weighted by Crippen LogP contribution is -2.28. The first kappa shape index (κ1) is 21.6. The molecule has 3 rings (SSSR count). The Morgan fingerprint density at radius 3 is 2.17 bits per heavy atom. The number of nitrogens with one attached hydrogen (secondary N) is 1. The molecular formula is C23H31NO4Si. The fraction of sp³-hybridized carbons (Fsp3) is 0.435. The molecule has 0 spiro atoms. The predicted molar refractivity (Wildman–Crippen MR) is 118 cm³/mol. The second-order valence-electron chi connectivity index (χ2n) is 8.18. The second kappa shape index (κ2) is 10.0. The van der Waals surface area contributed by atoms with Crippen LogP contribution in [0.3, 0.4) is 0 Å². The van der Waals surface area contributed by atoms with E-state index in [1.165, 1.54) is 22.3 Å². The van der Waals surface area contributed by atoms with E-state index in [4.69, 9.17) is 13.9 Å². The third-order valence-electron chi connectivity index (χ3n) is 4.84. The van der Waals surface area contributed by atoms with Crippen molar-refractivity contribution in [3.63, 3.8) is 0 Å². The van der Waals surface area contributed by atoms with Gasteiger partial charge in [0.2, 0.25) is 0 Å².